The van der Waals surface area contributed by atoms with Crippen molar-refractivity contribution >= 4 is 5.91 Å². The number of piperazine rings is 1. The van der Waals surface area contributed by atoms with Gasteiger partial charge in [0.25, 0.3) is 5.91 Å². The Kier molecular flexibility index (Phi) is 4.22. The van der Waals surface area contributed by atoms with Crippen LogP contribution in [0.1, 0.15) is 24.4 Å². The molecule has 2 heterocycles. The topological polar surface area (TPSA) is 32.8 Å². The van der Waals surface area contributed by atoms with Gasteiger partial charge in [-0.2, -0.15) is 0 Å². The molecule has 3 rings (SSSR count). The third-order valence-electron chi connectivity index (χ3n) is 4.43. The van der Waals surface area contributed by atoms with Gasteiger partial charge in [0.15, 0.2) is 0 Å². The summed E-state index contributed by atoms with van der Waals surface area (Å²) in [5.41, 5.74) is 0.657. The molecule has 2 aliphatic rings. The Morgan fingerprint density at radius 2 is 2.14 bits per heavy atom. The molecule has 0 spiro atoms. The highest BCUT2D eigenvalue weighted by Crippen LogP contribution is 2.27. The number of amides is 1. The van der Waals surface area contributed by atoms with Gasteiger partial charge in [-0.25, -0.2) is 4.39 Å². The smallest absolute Gasteiger partial charge is 0.251 e. The van der Waals surface area contributed by atoms with E-state index < -0.39 is 0 Å². The molecule has 0 N–H and O–H groups in total. The van der Waals surface area contributed by atoms with Crippen LogP contribution in [0.25, 0.3) is 0 Å². The zero-order valence-corrected chi connectivity index (χ0v) is 12.3. The highest BCUT2D eigenvalue weighted by molar-refractivity contribution is 5.81. The Balaban J connectivity index is 1.75. The number of carbonyl (C=O) groups excluding carboxylic acids is 1. The van der Waals surface area contributed by atoms with E-state index in [-0.39, 0.29) is 23.9 Å². The van der Waals surface area contributed by atoms with Gasteiger partial charge in [-0.05, 0) is 26.0 Å². The van der Waals surface area contributed by atoms with Crippen molar-refractivity contribution in [2.24, 2.45) is 0 Å². The third-order valence-corrected chi connectivity index (χ3v) is 4.43. The van der Waals surface area contributed by atoms with Gasteiger partial charge in [-0.3, -0.25) is 9.69 Å². The number of benzene rings is 1. The highest BCUT2D eigenvalue weighted by Gasteiger charge is 2.34. The number of hydrogen-bond acceptors (Lipinski definition) is 3. The van der Waals surface area contributed by atoms with E-state index in [9.17, 15) is 9.18 Å². The van der Waals surface area contributed by atoms with Crippen molar-refractivity contribution in [3.8, 4) is 0 Å². The van der Waals surface area contributed by atoms with Gasteiger partial charge in [0.2, 0.25) is 0 Å². The van der Waals surface area contributed by atoms with Crippen LogP contribution in [0.15, 0.2) is 24.3 Å². The van der Waals surface area contributed by atoms with E-state index in [0.717, 1.165) is 19.4 Å². The Labute approximate surface area is 124 Å². The van der Waals surface area contributed by atoms with E-state index in [1.165, 1.54) is 6.07 Å². The summed E-state index contributed by atoms with van der Waals surface area (Å²) in [6, 6.07) is 6.72. The monoisotopic (exact) mass is 292 g/mol. The van der Waals surface area contributed by atoms with E-state index in [4.69, 9.17) is 4.74 Å². The van der Waals surface area contributed by atoms with Crippen molar-refractivity contribution in [2.75, 3.05) is 33.3 Å². The first kappa shape index (κ1) is 14.5. The van der Waals surface area contributed by atoms with E-state index in [1.807, 2.05) is 18.0 Å². The second-order valence-corrected chi connectivity index (χ2v) is 5.80. The van der Waals surface area contributed by atoms with E-state index in [0.29, 0.717) is 25.3 Å². The second-order valence-electron chi connectivity index (χ2n) is 5.80. The molecule has 0 radical (unpaired) electrons. The maximum atomic E-state index is 14.0. The Bertz CT molecular complexity index is 517. The first-order valence-corrected chi connectivity index (χ1v) is 7.52. The molecule has 0 aromatic heterocycles. The molecular weight excluding hydrogens is 271 g/mol. The van der Waals surface area contributed by atoms with Crippen LogP contribution in [-0.2, 0) is 9.53 Å². The lowest BCUT2D eigenvalue weighted by atomic mass is 10.0. The highest BCUT2D eigenvalue weighted by atomic mass is 19.1. The molecule has 1 aromatic rings. The van der Waals surface area contributed by atoms with Crippen molar-refractivity contribution in [1.82, 2.24) is 9.80 Å². The van der Waals surface area contributed by atoms with Crippen molar-refractivity contribution in [1.29, 1.82) is 0 Å². The van der Waals surface area contributed by atoms with Crippen LogP contribution in [0.2, 0.25) is 0 Å². The van der Waals surface area contributed by atoms with Crippen LogP contribution in [-0.4, -0.2) is 55.1 Å². The van der Waals surface area contributed by atoms with Gasteiger partial charge in [0, 0.05) is 31.8 Å². The predicted octanol–water partition coefficient (Wildman–Crippen LogP) is 1.82. The zero-order chi connectivity index (χ0) is 14.8. The third kappa shape index (κ3) is 2.94. The number of likely N-dealkylation sites (N-methyl/N-ethyl adjacent to an activating group) is 1. The van der Waals surface area contributed by atoms with Crippen LogP contribution in [0.5, 0.6) is 0 Å². The fourth-order valence-corrected chi connectivity index (χ4v) is 3.13. The van der Waals surface area contributed by atoms with Crippen molar-refractivity contribution in [2.45, 2.75) is 25.0 Å². The summed E-state index contributed by atoms with van der Waals surface area (Å²) in [4.78, 5) is 16.4. The number of ether oxygens (including phenoxy) is 1. The molecule has 1 aromatic carbocycles. The molecule has 21 heavy (non-hydrogen) atoms. The minimum Gasteiger partial charge on any atom is -0.368 e. The number of nitrogens with zero attached hydrogens (tertiary/aromatic N) is 2. The van der Waals surface area contributed by atoms with Gasteiger partial charge in [-0.15, -0.1) is 0 Å². The summed E-state index contributed by atoms with van der Waals surface area (Å²) in [6.45, 7) is 2.62. The molecule has 0 saturated carbocycles. The molecule has 2 fully saturated rings. The molecule has 1 amide bonds. The average Bonchev–Trinajstić information content (AvgIpc) is 3.02. The van der Waals surface area contributed by atoms with Gasteiger partial charge in [-0.1, -0.05) is 18.2 Å². The molecule has 2 atom stereocenters. The lowest BCUT2D eigenvalue weighted by Crippen LogP contribution is -2.51. The van der Waals surface area contributed by atoms with Crippen LogP contribution >= 0.6 is 0 Å². The van der Waals surface area contributed by atoms with Gasteiger partial charge >= 0.3 is 0 Å². The normalized spacial score (nSPS) is 27.0. The Morgan fingerprint density at radius 3 is 2.86 bits per heavy atom. The second kappa shape index (κ2) is 6.12. The zero-order valence-electron chi connectivity index (χ0n) is 12.3. The lowest BCUT2D eigenvalue weighted by molar-refractivity contribution is -0.143. The molecule has 0 aliphatic carbocycles. The lowest BCUT2D eigenvalue weighted by Gasteiger charge is -2.40. The first-order valence-electron chi connectivity index (χ1n) is 7.52. The fraction of sp³-hybridized carbons (Fsp3) is 0.562. The van der Waals surface area contributed by atoms with Crippen LogP contribution in [0.4, 0.5) is 4.39 Å². The summed E-state index contributed by atoms with van der Waals surface area (Å²) in [5, 5.41) is 0. The average molecular weight is 292 g/mol. The molecule has 2 unspecified atom stereocenters. The SMILES string of the molecule is CN1CCN(C(=O)C2CCCO2)CC1c1ccccc1F. The fourth-order valence-electron chi connectivity index (χ4n) is 3.13. The van der Waals surface area contributed by atoms with Gasteiger partial charge < -0.3 is 9.64 Å². The molecule has 5 heteroatoms. The number of halogens is 1. The largest absolute Gasteiger partial charge is 0.368 e. The van der Waals surface area contributed by atoms with Crippen molar-refractivity contribution in [3.05, 3.63) is 35.6 Å². The first-order chi connectivity index (χ1) is 10.2. The molecule has 4 nitrogen and oxygen atoms in total. The molecule has 0 bridgehead atoms. The van der Waals surface area contributed by atoms with Crippen LogP contribution in [0.3, 0.4) is 0 Å². The van der Waals surface area contributed by atoms with Crippen LogP contribution in [0, 0.1) is 5.82 Å². The number of rotatable bonds is 2. The summed E-state index contributed by atoms with van der Waals surface area (Å²) in [6.07, 6.45) is 1.45. The summed E-state index contributed by atoms with van der Waals surface area (Å²) in [5.74, 6) is -0.150. The summed E-state index contributed by atoms with van der Waals surface area (Å²) >= 11 is 0. The molecule has 2 saturated heterocycles. The molecule has 2 aliphatic heterocycles. The number of hydrogen-bond donors (Lipinski definition) is 0. The minimum absolute atomic E-state index is 0.0574. The van der Waals surface area contributed by atoms with Crippen LogP contribution < -0.4 is 0 Å². The maximum absolute atomic E-state index is 14.0. The predicted molar refractivity (Wildman–Crippen MR) is 77.3 cm³/mol. The summed E-state index contributed by atoms with van der Waals surface area (Å²) < 4.78 is 19.5. The minimum atomic E-state index is -0.297. The Morgan fingerprint density at radius 1 is 1.33 bits per heavy atom. The van der Waals surface area contributed by atoms with Gasteiger partial charge in [0.05, 0.1) is 6.04 Å². The summed E-state index contributed by atoms with van der Waals surface area (Å²) in [7, 11) is 1.98. The van der Waals surface area contributed by atoms with Gasteiger partial charge in [0.1, 0.15) is 11.9 Å². The van der Waals surface area contributed by atoms with E-state index in [1.54, 1.807) is 12.1 Å². The Hall–Kier alpha value is -1.46. The van der Waals surface area contributed by atoms with E-state index in [2.05, 4.69) is 4.90 Å². The maximum Gasteiger partial charge on any atom is 0.251 e. The molecule has 114 valence electrons. The standard InChI is InChI=1S/C16H21FN2O2/c1-18-8-9-19(16(20)15-7-4-10-21-15)11-14(18)12-5-2-3-6-13(12)17/h2-3,5-6,14-15H,4,7-11H2,1H3. The number of carbonyl (C=O) groups is 1. The van der Waals surface area contributed by atoms with E-state index >= 15 is 0 Å². The quantitative estimate of drug-likeness (QED) is 0.833. The van der Waals surface area contributed by atoms with Crippen molar-refractivity contribution in [3.63, 3.8) is 0 Å². The molecular formula is C16H21FN2O2. The van der Waals surface area contributed by atoms with Crippen molar-refractivity contribution < 1.29 is 13.9 Å².